The van der Waals surface area contributed by atoms with Gasteiger partial charge in [-0.25, -0.2) is 14.5 Å². The van der Waals surface area contributed by atoms with Crippen molar-refractivity contribution >= 4 is 17.7 Å². The van der Waals surface area contributed by atoms with Gasteiger partial charge in [0.2, 0.25) is 0 Å². The third-order valence-electron chi connectivity index (χ3n) is 4.23. The summed E-state index contributed by atoms with van der Waals surface area (Å²) in [5.74, 6) is 0.464. The third kappa shape index (κ3) is 3.50. The molecule has 0 atom stereocenters. The van der Waals surface area contributed by atoms with E-state index in [1.54, 1.807) is 47.5 Å². The molecule has 3 heterocycles. The van der Waals surface area contributed by atoms with E-state index >= 15 is 0 Å². The second-order valence-corrected chi connectivity index (χ2v) is 5.93. The Morgan fingerprint density at radius 2 is 2.00 bits per heavy atom. The number of pyridine rings is 1. The highest BCUT2D eigenvalue weighted by atomic mass is 16.6. The fraction of sp³-hybridized carbons (Fsp3) is 0.158. The Morgan fingerprint density at radius 3 is 2.70 bits per heavy atom. The smallest absolute Gasteiger partial charge is 0.414 e. The van der Waals surface area contributed by atoms with Gasteiger partial charge in [0.15, 0.2) is 5.82 Å². The molecule has 2 aromatic heterocycles. The Morgan fingerprint density at radius 1 is 1.15 bits per heavy atom. The Bertz CT molecular complexity index is 954. The van der Waals surface area contributed by atoms with E-state index < -0.39 is 0 Å². The zero-order chi connectivity index (χ0) is 18.6. The molecule has 1 aliphatic heterocycles. The molecule has 3 aromatic rings. The Hall–Kier alpha value is -3.68. The first-order valence-electron chi connectivity index (χ1n) is 8.49. The zero-order valence-electron chi connectivity index (χ0n) is 14.4. The van der Waals surface area contributed by atoms with Crippen molar-refractivity contribution in [3.05, 3.63) is 72.2 Å². The van der Waals surface area contributed by atoms with Gasteiger partial charge in [0, 0.05) is 41.9 Å². The van der Waals surface area contributed by atoms with Gasteiger partial charge in [-0.2, -0.15) is 5.10 Å². The highest BCUT2D eigenvalue weighted by Crippen LogP contribution is 2.19. The number of aromatic nitrogens is 3. The molecule has 0 spiro atoms. The number of hydrogen-bond donors (Lipinski definition) is 1. The van der Waals surface area contributed by atoms with Crippen molar-refractivity contribution in [3.63, 3.8) is 0 Å². The second kappa shape index (κ2) is 7.28. The molecule has 1 aliphatic rings. The minimum Gasteiger partial charge on any atom is -0.447 e. The monoisotopic (exact) mass is 363 g/mol. The van der Waals surface area contributed by atoms with Crippen LogP contribution in [0, 0.1) is 0 Å². The van der Waals surface area contributed by atoms with E-state index in [1.165, 1.54) is 4.90 Å². The van der Waals surface area contributed by atoms with Crippen molar-refractivity contribution < 1.29 is 14.3 Å². The molecule has 2 amide bonds. The number of benzene rings is 1. The predicted octanol–water partition coefficient (Wildman–Crippen LogP) is 2.15. The number of ether oxygens (including phenoxy) is 1. The van der Waals surface area contributed by atoms with Crippen LogP contribution in [0.15, 0.2) is 61.1 Å². The maximum atomic E-state index is 12.5. The standard InChI is InChI=1S/C19H17N5O3/c25-18(14-4-6-16(7-5-14)23-11-12-27-19(23)26)21-13-15-3-1-8-20-17(15)24-10-2-9-22-24/h1-10H,11-13H2,(H,21,25). The molecule has 136 valence electrons. The Balaban J connectivity index is 1.44. The second-order valence-electron chi connectivity index (χ2n) is 5.93. The number of rotatable bonds is 5. The summed E-state index contributed by atoms with van der Waals surface area (Å²) in [6, 6.07) is 12.4. The van der Waals surface area contributed by atoms with Crippen molar-refractivity contribution in [2.45, 2.75) is 6.54 Å². The number of anilines is 1. The average molecular weight is 363 g/mol. The Labute approximate surface area is 155 Å². The maximum Gasteiger partial charge on any atom is 0.414 e. The highest BCUT2D eigenvalue weighted by molar-refractivity contribution is 5.95. The first-order chi connectivity index (χ1) is 13.2. The molecule has 0 aliphatic carbocycles. The summed E-state index contributed by atoms with van der Waals surface area (Å²) in [4.78, 5) is 29.9. The normalized spacial score (nSPS) is 13.5. The van der Waals surface area contributed by atoms with E-state index in [-0.39, 0.29) is 12.0 Å². The van der Waals surface area contributed by atoms with Crippen molar-refractivity contribution in [1.82, 2.24) is 20.1 Å². The lowest BCUT2D eigenvalue weighted by Crippen LogP contribution is -2.25. The van der Waals surface area contributed by atoms with Crippen LogP contribution in [-0.2, 0) is 11.3 Å². The molecule has 4 rings (SSSR count). The third-order valence-corrected chi connectivity index (χ3v) is 4.23. The van der Waals surface area contributed by atoms with Crippen LogP contribution in [0.5, 0.6) is 0 Å². The van der Waals surface area contributed by atoms with E-state index in [4.69, 9.17) is 4.74 Å². The lowest BCUT2D eigenvalue weighted by molar-refractivity contribution is 0.0951. The molecule has 8 heteroatoms. The molecule has 0 unspecified atom stereocenters. The van der Waals surface area contributed by atoms with E-state index in [1.807, 2.05) is 18.2 Å². The molecular weight excluding hydrogens is 346 g/mol. The molecule has 1 saturated heterocycles. The minimum absolute atomic E-state index is 0.208. The molecule has 1 N–H and O–H groups in total. The summed E-state index contributed by atoms with van der Waals surface area (Å²) < 4.78 is 6.58. The van der Waals surface area contributed by atoms with Crippen LogP contribution in [0.4, 0.5) is 10.5 Å². The van der Waals surface area contributed by atoms with Crippen LogP contribution in [-0.4, -0.2) is 39.9 Å². The van der Waals surface area contributed by atoms with Crippen LogP contribution in [0.1, 0.15) is 15.9 Å². The molecule has 0 saturated carbocycles. The molecule has 0 radical (unpaired) electrons. The summed E-state index contributed by atoms with van der Waals surface area (Å²) in [5, 5.41) is 7.08. The molecular formula is C19H17N5O3. The maximum absolute atomic E-state index is 12.5. The number of carbonyl (C=O) groups excluding carboxylic acids is 2. The fourth-order valence-corrected chi connectivity index (χ4v) is 2.87. The summed E-state index contributed by atoms with van der Waals surface area (Å²) >= 11 is 0. The summed E-state index contributed by atoms with van der Waals surface area (Å²) in [7, 11) is 0. The van der Waals surface area contributed by atoms with Crippen molar-refractivity contribution in [2.24, 2.45) is 0 Å². The van der Waals surface area contributed by atoms with Crippen molar-refractivity contribution in [3.8, 4) is 5.82 Å². The molecule has 1 aromatic carbocycles. The van der Waals surface area contributed by atoms with Crippen molar-refractivity contribution in [1.29, 1.82) is 0 Å². The number of carbonyl (C=O) groups is 2. The van der Waals surface area contributed by atoms with Gasteiger partial charge in [0.05, 0.1) is 6.54 Å². The van der Waals surface area contributed by atoms with Gasteiger partial charge in [0.25, 0.3) is 5.91 Å². The number of hydrogen-bond acceptors (Lipinski definition) is 5. The van der Waals surface area contributed by atoms with Crippen LogP contribution < -0.4 is 10.2 Å². The van der Waals surface area contributed by atoms with E-state index in [9.17, 15) is 9.59 Å². The van der Waals surface area contributed by atoms with E-state index in [0.717, 1.165) is 5.56 Å². The number of nitrogens with one attached hydrogen (secondary N) is 1. The van der Waals surface area contributed by atoms with E-state index in [2.05, 4.69) is 15.4 Å². The SMILES string of the molecule is O=C(NCc1cccnc1-n1cccn1)c1ccc(N2CCOC2=O)cc1. The first-order valence-corrected chi connectivity index (χ1v) is 8.49. The van der Waals surface area contributed by atoms with Crippen molar-refractivity contribution in [2.75, 3.05) is 18.1 Å². The number of nitrogens with zero attached hydrogens (tertiary/aromatic N) is 4. The van der Waals surface area contributed by atoms with Gasteiger partial charge in [-0.15, -0.1) is 0 Å². The molecule has 8 nitrogen and oxygen atoms in total. The topological polar surface area (TPSA) is 89.3 Å². The van der Waals surface area contributed by atoms with Crippen LogP contribution in [0.3, 0.4) is 0 Å². The number of amides is 2. The summed E-state index contributed by atoms with van der Waals surface area (Å²) in [6.07, 6.45) is 4.80. The quantitative estimate of drug-likeness (QED) is 0.750. The minimum atomic E-state index is -0.366. The fourth-order valence-electron chi connectivity index (χ4n) is 2.87. The zero-order valence-corrected chi connectivity index (χ0v) is 14.4. The van der Waals surface area contributed by atoms with Crippen LogP contribution in [0.25, 0.3) is 5.82 Å². The number of cyclic esters (lactones) is 1. The van der Waals surface area contributed by atoms with Gasteiger partial charge in [-0.05, 0) is 36.4 Å². The van der Waals surface area contributed by atoms with Gasteiger partial charge in [-0.3, -0.25) is 9.69 Å². The van der Waals surface area contributed by atoms with Crippen LogP contribution in [0.2, 0.25) is 0 Å². The highest BCUT2D eigenvalue weighted by Gasteiger charge is 2.23. The Kier molecular flexibility index (Phi) is 4.52. The lowest BCUT2D eigenvalue weighted by atomic mass is 10.1. The van der Waals surface area contributed by atoms with Gasteiger partial charge in [-0.1, -0.05) is 6.07 Å². The molecule has 1 fully saturated rings. The predicted molar refractivity (Wildman–Crippen MR) is 97.7 cm³/mol. The average Bonchev–Trinajstić information content (AvgIpc) is 3.38. The van der Waals surface area contributed by atoms with E-state index in [0.29, 0.717) is 36.8 Å². The molecule has 27 heavy (non-hydrogen) atoms. The van der Waals surface area contributed by atoms with Gasteiger partial charge < -0.3 is 10.1 Å². The summed E-state index contributed by atoms with van der Waals surface area (Å²) in [5.41, 5.74) is 2.07. The molecule has 0 bridgehead atoms. The van der Waals surface area contributed by atoms with Gasteiger partial charge >= 0.3 is 6.09 Å². The largest absolute Gasteiger partial charge is 0.447 e. The first kappa shape index (κ1) is 16.8. The van der Waals surface area contributed by atoms with Gasteiger partial charge in [0.1, 0.15) is 6.61 Å². The lowest BCUT2D eigenvalue weighted by Gasteiger charge is -2.13. The summed E-state index contributed by atoms with van der Waals surface area (Å²) in [6.45, 7) is 1.22. The van der Waals surface area contributed by atoms with Crippen LogP contribution >= 0.6 is 0 Å².